The van der Waals surface area contributed by atoms with Gasteiger partial charge >= 0.3 is 0 Å². The standard InChI is InChI=1S/C18H31N3O2S/c1-4-11-19-24(22,23)20-14-18(17-7-5-15(2)6-8-17)21-12-9-16(3)10-13-21/h5-8,16,18-20H,4,9-14H2,1-3H3. The number of aryl methyl sites for hydroxylation is 1. The van der Waals surface area contributed by atoms with Crippen molar-refractivity contribution in [3.63, 3.8) is 0 Å². The summed E-state index contributed by atoms with van der Waals surface area (Å²) in [4.78, 5) is 2.41. The maximum Gasteiger partial charge on any atom is 0.276 e. The predicted molar refractivity (Wildman–Crippen MR) is 99.1 cm³/mol. The van der Waals surface area contributed by atoms with Crippen LogP contribution in [-0.2, 0) is 10.2 Å². The van der Waals surface area contributed by atoms with Gasteiger partial charge in [-0.15, -0.1) is 0 Å². The fourth-order valence-electron chi connectivity index (χ4n) is 3.06. The lowest BCUT2D eigenvalue weighted by Crippen LogP contribution is -2.44. The fourth-order valence-corrected chi connectivity index (χ4v) is 4.01. The summed E-state index contributed by atoms with van der Waals surface area (Å²) in [5.41, 5.74) is 2.39. The van der Waals surface area contributed by atoms with Crippen LogP contribution in [-0.4, -0.2) is 39.5 Å². The Morgan fingerprint density at radius 1 is 1.17 bits per heavy atom. The summed E-state index contributed by atoms with van der Waals surface area (Å²) in [5.74, 6) is 0.753. The molecule has 1 heterocycles. The third-order valence-corrected chi connectivity index (χ3v) is 5.86. The van der Waals surface area contributed by atoms with Crippen LogP contribution in [0.1, 0.15) is 50.3 Å². The molecule has 1 aliphatic heterocycles. The molecule has 0 spiro atoms. The van der Waals surface area contributed by atoms with Gasteiger partial charge in [-0.1, -0.05) is 43.7 Å². The number of nitrogens with one attached hydrogen (secondary N) is 2. The molecule has 136 valence electrons. The molecule has 2 rings (SSSR count). The second-order valence-electron chi connectivity index (χ2n) is 6.89. The first kappa shape index (κ1) is 19.4. The lowest BCUT2D eigenvalue weighted by atomic mass is 9.95. The zero-order chi connectivity index (χ0) is 17.6. The van der Waals surface area contributed by atoms with Crippen molar-refractivity contribution >= 4 is 10.2 Å². The SMILES string of the molecule is CCCNS(=O)(=O)NCC(c1ccc(C)cc1)N1CCC(C)CC1. The maximum atomic E-state index is 12.1. The summed E-state index contributed by atoms with van der Waals surface area (Å²) in [5, 5.41) is 0. The van der Waals surface area contributed by atoms with Crippen molar-refractivity contribution < 1.29 is 8.42 Å². The molecule has 0 aliphatic carbocycles. The zero-order valence-electron chi connectivity index (χ0n) is 15.1. The van der Waals surface area contributed by atoms with Crippen molar-refractivity contribution in [3.05, 3.63) is 35.4 Å². The fraction of sp³-hybridized carbons (Fsp3) is 0.667. The van der Waals surface area contributed by atoms with Gasteiger partial charge in [-0.2, -0.15) is 8.42 Å². The molecule has 5 nitrogen and oxygen atoms in total. The molecule has 0 saturated carbocycles. The molecule has 1 aromatic rings. The second kappa shape index (κ2) is 8.94. The zero-order valence-corrected chi connectivity index (χ0v) is 15.9. The van der Waals surface area contributed by atoms with Gasteiger partial charge in [-0.05, 0) is 50.8 Å². The smallest absolute Gasteiger partial charge is 0.276 e. The summed E-state index contributed by atoms with van der Waals surface area (Å²) in [7, 11) is -3.43. The first-order chi connectivity index (χ1) is 11.4. The highest BCUT2D eigenvalue weighted by molar-refractivity contribution is 7.87. The molecule has 1 aromatic carbocycles. The maximum absolute atomic E-state index is 12.1. The van der Waals surface area contributed by atoms with Crippen LogP contribution in [0.4, 0.5) is 0 Å². The number of hydrogen-bond donors (Lipinski definition) is 2. The second-order valence-corrected chi connectivity index (χ2v) is 8.48. The summed E-state index contributed by atoms with van der Waals surface area (Å²) in [6.45, 7) is 9.21. The van der Waals surface area contributed by atoms with Gasteiger partial charge in [-0.25, -0.2) is 9.44 Å². The minimum absolute atomic E-state index is 0.0799. The molecule has 1 saturated heterocycles. The Labute approximate surface area is 147 Å². The van der Waals surface area contributed by atoms with E-state index < -0.39 is 10.2 Å². The van der Waals surface area contributed by atoms with Gasteiger partial charge in [0.2, 0.25) is 0 Å². The quantitative estimate of drug-likeness (QED) is 0.755. The lowest BCUT2D eigenvalue weighted by molar-refractivity contribution is 0.139. The third kappa shape index (κ3) is 5.84. The van der Waals surface area contributed by atoms with Gasteiger partial charge in [0.25, 0.3) is 10.2 Å². The number of benzene rings is 1. The Balaban J connectivity index is 2.09. The predicted octanol–water partition coefficient (Wildman–Crippen LogP) is 2.60. The molecule has 1 aliphatic rings. The van der Waals surface area contributed by atoms with Gasteiger partial charge in [0, 0.05) is 19.1 Å². The molecule has 6 heteroatoms. The van der Waals surface area contributed by atoms with E-state index in [-0.39, 0.29) is 6.04 Å². The molecule has 24 heavy (non-hydrogen) atoms. The molecule has 1 fully saturated rings. The first-order valence-corrected chi connectivity index (χ1v) is 10.4. The average molecular weight is 354 g/mol. The van der Waals surface area contributed by atoms with Crippen LogP contribution in [0, 0.1) is 12.8 Å². The van der Waals surface area contributed by atoms with Crippen molar-refractivity contribution in [2.75, 3.05) is 26.2 Å². The lowest BCUT2D eigenvalue weighted by Gasteiger charge is -2.37. The Bertz CT molecular complexity index is 593. The number of nitrogens with zero attached hydrogens (tertiary/aromatic N) is 1. The highest BCUT2D eigenvalue weighted by Gasteiger charge is 2.25. The van der Waals surface area contributed by atoms with Crippen LogP contribution in [0.25, 0.3) is 0 Å². The van der Waals surface area contributed by atoms with E-state index in [9.17, 15) is 8.42 Å². The van der Waals surface area contributed by atoms with E-state index in [1.54, 1.807) is 0 Å². The molecular weight excluding hydrogens is 322 g/mol. The van der Waals surface area contributed by atoms with Crippen molar-refractivity contribution in [3.8, 4) is 0 Å². The van der Waals surface area contributed by atoms with Gasteiger partial charge < -0.3 is 0 Å². The van der Waals surface area contributed by atoms with Crippen molar-refractivity contribution in [2.24, 2.45) is 5.92 Å². The minimum atomic E-state index is -3.43. The average Bonchev–Trinajstić information content (AvgIpc) is 2.56. The molecule has 0 radical (unpaired) electrons. The van der Waals surface area contributed by atoms with E-state index in [0.717, 1.165) is 25.4 Å². The van der Waals surface area contributed by atoms with Gasteiger partial charge in [0.15, 0.2) is 0 Å². The summed E-state index contributed by atoms with van der Waals surface area (Å²) < 4.78 is 29.5. The largest absolute Gasteiger partial charge is 0.295 e. The Morgan fingerprint density at radius 2 is 1.79 bits per heavy atom. The number of piperidine rings is 1. The highest BCUT2D eigenvalue weighted by Crippen LogP contribution is 2.26. The Kier molecular flexibility index (Phi) is 7.22. The van der Waals surface area contributed by atoms with Crippen molar-refractivity contribution in [1.29, 1.82) is 0 Å². The van der Waals surface area contributed by atoms with Crippen molar-refractivity contribution in [2.45, 2.75) is 46.1 Å². The first-order valence-electron chi connectivity index (χ1n) is 8.96. The summed E-state index contributed by atoms with van der Waals surface area (Å²) >= 11 is 0. The van der Waals surface area contributed by atoms with Crippen LogP contribution >= 0.6 is 0 Å². The van der Waals surface area contributed by atoms with Crippen LogP contribution in [0.2, 0.25) is 0 Å². The number of likely N-dealkylation sites (tertiary alicyclic amines) is 1. The van der Waals surface area contributed by atoms with Crippen LogP contribution < -0.4 is 9.44 Å². The van der Waals surface area contributed by atoms with Gasteiger partial charge in [0.05, 0.1) is 0 Å². The van der Waals surface area contributed by atoms with E-state index in [1.165, 1.54) is 24.0 Å². The monoisotopic (exact) mass is 353 g/mol. The van der Waals surface area contributed by atoms with E-state index >= 15 is 0 Å². The van der Waals surface area contributed by atoms with E-state index in [2.05, 4.69) is 52.5 Å². The van der Waals surface area contributed by atoms with Crippen LogP contribution in [0.15, 0.2) is 24.3 Å². The van der Waals surface area contributed by atoms with Gasteiger partial charge in [-0.3, -0.25) is 4.90 Å². The van der Waals surface area contributed by atoms with E-state index in [1.807, 2.05) is 6.92 Å². The molecule has 0 bridgehead atoms. The minimum Gasteiger partial charge on any atom is -0.295 e. The summed E-state index contributed by atoms with van der Waals surface area (Å²) in [6.07, 6.45) is 3.12. The van der Waals surface area contributed by atoms with E-state index in [4.69, 9.17) is 0 Å². The Hall–Kier alpha value is -0.950. The molecule has 2 N–H and O–H groups in total. The normalized spacial score (nSPS) is 18.6. The van der Waals surface area contributed by atoms with Gasteiger partial charge in [0.1, 0.15) is 0 Å². The van der Waals surface area contributed by atoms with Crippen LogP contribution in [0.5, 0.6) is 0 Å². The van der Waals surface area contributed by atoms with E-state index in [0.29, 0.717) is 13.1 Å². The summed E-state index contributed by atoms with van der Waals surface area (Å²) in [6, 6.07) is 8.51. The molecule has 1 atom stereocenters. The third-order valence-electron chi connectivity index (χ3n) is 4.73. The molecule has 0 aromatic heterocycles. The van der Waals surface area contributed by atoms with Crippen molar-refractivity contribution in [1.82, 2.24) is 14.3 Å². The van der Waals surface area contributed by atoms with Crippen LogP contribution in [0.3, 0.4) is 0 Å². The topological polar surface area (TPSA) is 61.4 Å². The molecule has 0 amide bonds. The highest BCUT2D eigenvalue weighted by atomic mass is 32.2. The number of rotatable bonds is 8. The molecular formula is C18H31N3O2S. The Morgan fingerprint density at radius 3 is 2.38 bits per heavy atom. The molecule has 1 unspecified atom stereocenters. The number of hydrogen-bond acceptors (Lipinski definition) is 3.